The largest absolute Gasteiger partial charge is 0.307 e. The van der Waals surface area contributed by atoms with Gasteiger partial charge < -0.3 is 5.32 Å². The molecule has 0 bridgehead atoms. The maximum atomic E-state index is 11.4. The summed E-state index contributed by atoms with van der Waals surface area (Å²) in [5.41, 5.74) is 0.818. The quantitative estimate of drug-likeness (QED) is 0.537. The van der Waals surface area contributed by atoms with Crippen LogP contribution in [-0.4, -0.2) is 23.9 Å². The van der Waals surface area contributed by atoms with Crippen LogP contribution in [0.1, 0.15) is 5.69 Å². The molecule has 0 amide bonds. The molecule has 0 unspecified atom stereocenters. The molecule has 3 heteroatoms. The summed E-state index contributed by atoms with van der Waals surface area (Å²) >= 11 is 0. The average Bonchev–Trinajstić information content (AvgIpc) is 2.20. The zero-order chi connectivity index (χ0) is 10.2. The normalized spacial score (nSPS) is 9.71. The highest BCUT2D eigenvalue weighted by Crippen LogP contribution is 1.94. The molecule has 0 aliphatic heterocycles. The van der Waals surface area contributed by atoms with Gasteiger partial charge in [0.25, 0.3) is 0 Å². The van der Waals surface area contributed by atoms with Crippen molar-refractivity contribution < 1.29 is 4.79 Å². The van der Waals surface area contributed by atoms with E-state index in [0.29, 0.717) is 19.5 Å². The van der Waals surface area contributed by atoms with E-state index >= 15 is 0 Å². The first-order valence-electron chi connectivity index (χ1n) is 4.56. The van der Waals surface area contributed by atoms with E-state index in [1.807, 2.05) is 18.2 Å². The van der Waals surface area contributed by atoms with E-state index in [2.05, 4.69) is 16.9 Å². The van der Waals surface area contributed by atoms with Gasteiger partial charge in [-0.3, -0.25) is 9.78 Å². The van der Waals surface area contributed by atoms with Crippen molar-refractivity contribution in [2.75, 3.05) is 13.1 Å². The van der Waals surface area contributed by atoms with Crippen LogP contribution in [0.2, 0.25) is 0 Å². The summed E-state index contributed by atoms with van der Waals surface area (Å²) in [5.74, 6) is 0.144. The second-order valence-electron chi connectivity index (χ2n) is 2.96. The van der Waals surface area contributed by atoms with Gasteiger partial charge in [-0.25, -0.2) is 0 Å². The molecule has 0 spiro atoms. The molecule has 0 atom stereocenters. The Kier molecular flexibility index (Phi) is 4.58. The minimum atomic E-state index is 0.144. The summed E-state index contributed by atoms with van der Waals surface area (Å²) in [6.07, 6.45) is 3.82. The van der Waals surface area contributed by atoms with Crippen molar-refractivity contribution >= 4 is 5.78 Å². The second kappa shape index (κ2) is 6.05. The van der Waals surface area contributed by atoms with Gasteiger partial charge in [-0.15, -0.1) is 6.58 Å². The fourth-order valence-corrected chi connectivity index (χ4v) is 1.08. The van der Waals surface area contributed by atoms with Crippen LogP contribution < -0.4 is 5.32 Å². The Balaban J connectivity index is 2.31. The van der Waals surface area contributed by atoms with Crippen LogP contribution >= 0.6 is 0 Å². The third kappa shape index (κ3) is 3.96. The van der Waals surface area contributed by atoms with E-state index < -0.39 is 0 Å². The number of nitrogens with zero attached hydrogens (tertiary/aromatic N) is 1. The first kappa shape index (κ1) is 10.6. The maximum Gasteiger partial charge on any atom is 0.152 e. The van der Waals surface area contributed by atoms with Crippen molar-refractivity contribution in [3.63, 3.8) is 0 Å². The topological polar surface area (TPSA) is 42.0 Å². The minimum Gasteiger partial charge on any atom is -0.307 e. The third-order valence-corrected chi connectivity index (χ3v) is 1.72. The number of carbonyl (C=O) groups is 1. The number of pyridine rings is 1. The Labute approximate surface area is 83.9 Å². The number of hydrogen-bond acceptors (Lipinski definition) is 3. The molecule has 0 saturated heterocycles. The first-order valence-corrected chi connectivity index (χ1v) is 4.56. The van der Waals surface area contributed by atoms with Crippen LogP contribution in [0.15, 0.2) is 37.1 Å². The molecule has 3 nitrogen and oxygen atoms in total. The van der Waals surface area contributed by atoms with E-state index in [1.54, 1.807) is 12.3 Å². The molecule has 0 fully saturated rings. The van der Waals surface area contributed by atoms with Gasteiger partial charge in [-0.05, 0) is 12.1 Å². The Morgan fingerprint density at radius 3 is 3.07 bits per heavy atom. The molecule has 14 heavy (non-hydrogen) atoms. The Morgan fingerprint density at radius 1 is 1.57 bits per heavy atom. The number of nitrogens with one attached hydrogen (secondary N) is 1. The molecule has 0 aromatic carbocycles. The van der Waals surface area contributed by atoms with Crippen molar-refractivity contribution in [2.24, 2.45) is 0 Å². The zero-order valence-corrected chi connectivity index (χ0v) is 8.07. The molecule has 1 N–H and O–H groups in total. The fourth-order valence-electron chi connectivity index (χ4n) is 1.08. The Bertz CT molecular complexity index is 295. The average molecular weight is 190 g/mol. The standard InChI is InChI=1S/C11H14N2O/c1-2-6-12-9-11(14)8-10-5-3-4-7-13-10/h2-5,7,12H,1,6,8-9H2. The van der Waals surface area contributed by atoms with Crippen molar-refractivity contribution in [2.45, 2.75) is 6.42 Å². The number of rotatable bonds is 6. The Hall–Kier alpha value is -1.48. The number of hydrogen-bond donors (Lipinski definition) is 1. The smallest absolute Gasteiger partial charge is 0.152 e. The molecule has 1 aromatic rings. The predicted octanol–water partition coefficient (Wildman–Crippen LogP) is 0.969. The predicted molar refractivity (Wildman–Crippen MR) is 56.0 cm³/mol. The van der Waals surface area contributed by atoms with E-state index in [1.165, 1.54) is 0 Å². The van der Waals surface area contributed by atoms with Crippen molar-refractivity contribution in [1.82, 2.24) is 10.3 Å². The van der Waals surface area contributed by atoms with Gasteiger partial charge in [-0.1, -0.05) is 12.1 Å². The number of carbonyl (C=O) groups excluding carboxylic acids is 1. The molecule has 0 saturated carbocycles. The van der Waals surface area contributed by atoms with E-state index in [9.17, 15) is 4.79 Å². The highest BCUT2D eigenvalue weighted by molar-refractivity contribution is 5.82. The Morgan fingerprint density at radius 2 is 2.43 bits per heavy atom. The molecule has 74 valence electrons. The summed E-state index contributed by atoms with van der Waals surface area (Å²) in [6.45, 7) is 4.59. The van der Waals surface area contributed by atoms with Crippen molar-refractivity contribution in [3.05, 3.63) is 42.7 Å². The summed E-state index contributed by atoms with van der Waals surface area (Å²) in [5, 5.41) is 2.96. The van der Waals surface area contributed by atoms with Gasteiger partial charge in [0.15, 0.2) is 5.78 Å². The molecule has 0 aliphatic carbocycles. The van der Waals surface area contributed by atoms with Gasteiger partial charge in [-0.2, -0.15) is 0 Å². The third-order valence-electron chi connectivity index (χ3n) is 1.72. The van der Waals surface area contributed by atoms with Gasteiger partial charge in [0.1, 0.15) is 0 Å². The van der Waals surface area contributed by atoms with Crippen LogP contribution in [0.4, 0.5) is 0 Å². The van der Waals surface area contributed by atoms with Gasteiger partial charge in [0.05, 0.1) is 13.0 Å². The summed E-state index contributed by atoms with van der Waals surface area (Å²) in [4.78, 5) is 15.4. The van der Waals surface area contributed by atoms with Gasteiger partial charge in [0, 0.05) is 18.4 Å². The fraction of sp³-hybridized carbons (Fsp3) is 0.273. The molecular formula is C11H14N2O. The van der Waals surface area contributed by atoms with Crippen molar-refractivity contribution in [3.8, 4) is 0 Å². The lowest BCUT2D eigenvalue weighted by molar-refractivity contribution is -0.117. The van der Waals surface area contributed by atoms with Crippen molar-refractivity contribution in [1.29, 1.82) is 0 Å². The highest BCUT2D eigenvalue weighted by Gasteiger charge is 2.02. The first-order chi connectivity index (χ1) is 6.83. The SMILES string of the molecule is C=CCNCC(=O)Cc1ccccn1. The van der Waals surface area contributed by atoms with Crippen LogP contribution in [0.25, 0.3) is 0 Å². The molecular weight excluding hydrogens is 176 g/mol. The van der Waals surface area contributed by atoms with E-state index in [-0.39, 0.29) is 5.78 Å². The lowest BCUT2D eigenvalue weighted by atomic mass is 10.2. The molecule has 1 aromatic heterocycles. The van der Waals surface area contributed by atoms with Crippen LogP contribution in [0.5, 0.6) is 0 Å². The number of aromatic nitrogens is 1. The van der Waals surface area contributed by atoms with E-state index in [0.717, 1.165) is 5.69 Å². The van der Waals surface area contributed by atoms with Crippen LogP contribution in [0, 0.1) is 0 Å². The lowest BCUT2D eigenvalue weighted by Gasteiger charge is -2.00. The molecule has 1 heterocycles. The zero-order valence-electron chi connectivity index (χ0n) is 8.07. The van der Waals surface area contributed by atoms with Gasteiger partial charge >= 0.3 is 0 Å². The second-order valence-corrected chi connectivity index (χ2v) is 2.96. The van der Waals surface area contributed by atoms with Crippen LogP contribution in [-0.2, 0) is 11.2 Å². The van der Waals surface area contributed by atoms with Crippen LogP contribution in [0.3, 0.4) is 0 Å². The summed E-state index contributed by atoms with van der Waals surface area (Å²) < 4.78 is 0. The maximum absolute atomic E-state index is 11.4. The molecule has 1 rings (SSSR count). The lowest BCUT2D eigenvalue weighted by Crippen LogP contribution is -2.24. The highest BCUT2D eigenvalue weighted by atomic mass is 16.1. The monoisotopic (exact) mass is 190 g/mol. The van der Waals surface area contributed by atoms with E-state index in [4.69, 9.17) is 0 Å². The number of Topliss-reactive ketones (excluding diaryl/α,β-unsaturated/α-hetero) is 1. The number of ketones is 1. The summed E-state index contributed by atoms with van der Waals surface area (Å²) in [6, 6.07) is 5.57. The summed E-state index contributed by atoms with van der Waals surface area (Å²) in [7, 11) is 0. The minimum absolute atomic E-state index is 0.144. The molecule has 0 radical (unpaired) electrons. The molecule has 0 aliphatic rings. The van der Waals surface area contributed by atoms with Gasteiger partial charge in [0.2, 0.25) is 0 Å².